The molecule has 0 unspecified atom stereocenters. The highest BCUT2D eigenvalue weighted by Gasteiger charge is 2.28. The molecule has 0 bridgehead atoms. The molecule has 11 nitrogen and oxygen atoms in total. The van der Waals surface area contributed by atoms with Crippen LogP contribution in [-0.4, -0.2) is 52.5 Å². The van der Waals surface area contributed by atoms with Crippen LogP contribution < -0.4 is 14.8 Å². The van der Waals surface area contributed by atoms with Gasteiger partial charge in [0.25, 0.3) is 5.91 Å². The van der Waals surface area contributed by atoms with Crippen LogP contribution in [0.5, 0.6) is 5.75 Å². The number of aromatic nitrogens is 5. The van der Waals surface area contributed by atoms with Gasteiger partial charge in [-0.15, -0.1) is 5.10 Å². The molecule has 0 atom stereocenters. The van der Waals surface area contributed by atoms with E-state index in [0.717, 1.165) is 53.6 Å². The Morgan fingerprint density at radius 3 is 2.48 bits per heavy atom. The summed E-state index contributed by atoms with van der Waals surface area (Å²) in [6.07, 6.45) is 7.92. The fraction of sp³-hybridized carbons (Fsp3) is 0.400. The number of methoxy groups -OCH3 is 1. The number of nitrogens with one attached hydrogen (secondary N) is 2. The minimum atomic E-state index is -3.60. The lowest BCUT2D eigenvalue weighted by Crippen LogP contribution is -2.18. The average Bonchev–Trinajstić information content (AvgIpc) is 3.47. The van der Waals surface area contributed by atoms with Crippen LogP contribution in [0.2, 0.25) is 0 Å². The lowest BCUT2D eigenvalue weighted by atomic mass is 9.86. The lowest BCUT2D eigenvalue weighted by molar-refractivity contribution is 0.102. The third kappa shape index (κ3) is 6.03. The first-order valence-corrected chi connectivity index (χ1v) is 15.8. The fourth-order valence-corrected chi connectivity index (χ4v) is 5.49. The Balaban J connectivity index is 1.47. The minimum absolute atomic E-state index is 0.216. The van der Waals surface area contributed by atoms with Crippen molar-refractivity contribution in [3.05, 3.63) is 65.1 Å². The highest BCUT2D eigenvalue weighted by molar-refractivity contribution is 7.92. The maximum Gasteiger partial charge on any atom is 0.255 e. The summed E-state index contributed by atoms with van der Waals surface area (Å²) >= 11 is 0. The molecule has 0 saturated heterocycles. The van der Waals surface area contributed by atoms with Crippen LogP contribution in [0.15, 0.2) is 42.7 Å². The van der Waals surface area contributed by atoms with Gasteiger partial charge in [-0.2, -0.15) is 5.10 Å². The van der Waals surface area contributed by atoms with E-state index in [-0.39, 0.29) is 22.8 Å². The number of benzene rings is 2. The molecule has 1 aliphatic rings. The van der Waals surface area contributed by atoms with Crippen molar-refractivity contribution in [2.75, 3.05) is 23.4 Å². The van der Waals surface area contributed by atoms with Gasteiger partial charge in [0.2, 0.25) is 10.0 Å². The molecule has 12 heteroatoms. The van der Waals surface area contributed by atoms with Gasteiger partial charge in [0.15, 0.2) is 5.75 Å². The largest absolute Gasteiger partial charge is 0.492 e. The summed E-state index contributed by atoms with van der Waals surface area (Å²) in [6, 6.07) is 9.34. The Labute approximate surface area is 246 Å². The van der Waals surface area contributed by atoms with E-state index in [2.05, 4.69) is 37.1 Å². The Morgan fingerprint density at radius 1 is 1.14 bits per heavy atom. The van der Waals surface area contributed by atoms with Crippen molar-refractivity contribution in [2.45, 2.75) is 65.3 Å². The molecule has 4 aromatic rings. The van der Waals surface area contributed by atoms with Crippen LogP contribution in [0.3, 0.4) is 0 Å². The van der Waals surface area contributed by atoms with E-state index in [4.69, 9.17) is 4.74 Å². The number of carbonyl (C=O) groups is 1. The first-order chi connectivity index (χ1) is 19.8. The van der Waals surface area contributed by atoms with Gasteiger partial charge in [-0.25, -0.2) is 13.1 Å². The van der Waals surface area contributed by atoms with Gasteiger partial charge < -0.3 is 10.1 Å². The predicted octanol–water partition coefficient (Wildman–Crippen LogP) is 5.27. The average molecular weight is 592 g/mol. The SMILES string of the molecule is CCc1c(-c2cn(-c3cc(C(=O)Nc4cc(C(C)(C)C)cc(NS(C)(=O)=O)c4OC)ccc3C)nn2)cnn1C1CC1. The Bertz CT molecular complexity index is 1760. The molecule has 2 heterocycles. The van der Waals surface area contributed by atoms with Gasteiger partial charge in [0.1, 0.15) is 5.69 Å². The molecular weight excluding hydrogens is 554 g/mol. The van der Waals surface area contributed by atoms with E-state index in [0.29, 0.717) is 23.0 Å². The smallest absolute Gasteiger partial charge is 0.255 e. The summed E-state index contributed by atoms with van der Waals surface area (Å²) < 4.78 is 36.0. The van der Waals surface area contributed by atoms with Gasteiger partial charge in [-0.1, -0.05) is 39.0 Å². The second-order valence-electron chi connectivity index (χ2n) is 11.8. The van der Waals surface area contributed by atoms with Crippen molar-refractivity contribution >= 4 is 27.3 Å². The molecule has 5 rings (SSSR count). The van der Waals surface area contributed by atoms with Crippen LogP contribution >= 0.6 is 0 Å². The van der Waals surface area contributed by atoms with Crippen LogP contribution in [0, 0.1) is 6.92 Å². The van der Waals surface area contributed by atoms with Gasteiger partial charge in [-0.05, 0) is 67.0 Å². The van der Waals surface area contributed by atoms with Crippen LogP contribution in [-0.2, 0) is 21.9 Å². The number of carbonyl (C=O) groups excluding carboxylic acids is 1. The number of anilines is 2. The zero-order valence-electron chi connectivity index (χ0n) is 25.0. The van der Waals surface area contributed by atoms with Gasteiger partial charge in [-0.3, -0.25) is 14.2 Å². The molecule has 2 aromatic carbocycles. The molecule has 42 heavy (non-hydrogen) atoms. The van der Waals surface area contributed by atoms with Crippen molar-refractivity contribution in [2.24, 2.45) is 0 Å². The van der Waals surface area contributed by atoms with Crippen LogP contribution in [0.4, 0.5) is 11.4 Å². The van der Waals surface area contributed by atoms with Crippen LogP contribution in [0.1, 0.15) is 73.8 Å². The summed E-state index contributed by atoms with van der Waals surface area (Å²) in [5, 5.41) is 16.3. The molecule has 2 N–H and O–H groups in total. The monoisotopic (exact) mass is 591 g/mol. The van der Waals surface area contributed by atoms with Gasteiger partial charge in [0, 0.05) is 16.8 Å². The topological polar surface area (TPSA) is 133 Å². The van der Waals surface area contributed by atoms with Crippen molar-refractivity contribution in [1.82, 2.24) is 24.8 Å². The maximum atomic E-state index is 13.6. The van der Waals surface area contributed by atoms with E-state index in [9.17, 15) is 13.2 Å². The fourth-order valence-electron chi connectivity index (χ4n) is 4.93. The molecule has 0 aliphatic heterocycles. The summed E-state index contributed by atoms with van der Waals surface area (Å²) in [6.45, 7) is 10.1. The van der Waals surface area contributed by atoms with Crippen molar-refractivity contribution in [3.8, 4) is 22.7 Å². The predicted molar refractivity (Wildman–Crippen MR) is 163 cm³/mol. The minimum Gasteiger partial charge on any atom is -0.492 e. The molecule has 1 saturated carbocycles. The van der Waals surface area contributed by atoms with Crippen molar-refractivity contribution in [1.29, 1.82) is 0 Å². The zero-order chi connectivity index (χ0) is 30.4. The normalized spacial score (nSPS) is 13.7. The summed E-state index contributed by atoms with van der Waals surface area (Å²) in [7, 11) is -2.17. The van der Waals surface area contributed by atoms with E-state index in [1.54, 1.807) is 28.9 Å². The maximum absolute atomic E-state index is 13.6. The third-order valence-corrected chi connectivity index (χ3v) is 7.91. The molecule has 0 radical (unpaired) electrons. The number of hydrogen-bond donors (Lipinski definition) is 2. The standard InChI is InChI=1S/C30H37N7O4S/c1-8-26-22(16-31-37(26)21-11-12-21)25-17-36(35-33-25)27-13-19(10-9-18(27)2)29(38)32-23-14-20(30(3,4)5)15-24(28(23)41-6)34-42(7,39)40/h9-10,13-17,21,34H,8,11-12H2,1-7H3,(H,32,38). The van der Waals surface area contributed by atoms with Gasteiger partial charge >= 0.3 is 0 Å². The second-order valence-corrected chi connectivity index (χ2v) is 13.5. The highest BCUT2D eigenvalue weighted by atomic mass is 32.2. The Hall–Kier alpha value is -4.19. The third-order valence-electron chi connectivity index (χ3n) is 7.32. The molecule has 2 aromatic heterocycles. The quantitative estimate of drug-likeness (QED) is 0.271. The number of hydrogen-bond acceptors (Lipinski definition) is 7. The highest BCUT2D eigenvalue weighted by Crippen LogP contribution is 2.40. The molecule has 1 aliphatic carbocycles. The number of amides is 1. The molecule has 1 amide bonds. The number of aryl methyl sites for hydroxylation is 1. The van der Waals surface area contributed by atoms with E-state index >= 15 is 0 Å². The van der Waals surface area contributed by atoms with Crippen LogP contribution in [0.25, 0.3) is 16.9 Å². The summed E-state index contributed by atoms with van der Waals surface area (Å²) in [4.78, 5) is 13.6. The first kappa shape index (κ1) is 29.3. The number of nitrogens with zero attached hydrogens (tertiary/aromatic N) is 5. The van der Waals surface area contributed by atoms with E-state index < -0.39 is 10.0 Å². The number of sulfonamides is 1. The lowest BCUT2D eigenvalue weighted by Gasteiger charge is -2.24. The first-order valence-electron chi connectivity index (χ1n) is 13.9. The molecule has 222 valence electrons. The molecule has 1 fully saturated rings. The molecular formula is C30H37N7O4S. The van der Waals surface area contributed by atoms with Crippen molar-refractivity contribution < 1.29 is 17.9 Å². The summed E-state index contributed by atoms with van der Waals surface area (Å²) in [5.41, 5.74) is 5.95. The molecule has 0 spiro atoms. The Morgan fingerprint density at radius 2 is 1.86 bits per heavy atom. The Kier molecular flexibility index (Phi) is 7.61. The van der Waals surface area contributed by atoms with E-state index in [1.165, 1.54) is 7.11 Å². The van der Waals surface area contributed by atoms with Gasteiger partial charge in [0.05, 0.1) is 48.9 Å². The second kappa shape index (κ2) is 10.9. The van der Waals surface area contributed by atoms with Crippen molar-refractivity contribution in [3.63, 3.8) is 0 Å². The van der Waals surface area contributed by atoms with E-state index in [1.807, 2.05) is 46.2 Å². The number of ether oxygens (including phenoxy) is 1. The zero-order valence-corrected chi connectivity index (χ0v) is 25.8. The summed E-state index contributed by atoms with van der Waals surface area (Å²) in [5.74, 6) is -0.168. The number of rotatable bonds is 9.